The molecule has 0 saturated carbocycles. The van der Waals surface area contributed by atoms with Crippen molar-refractivity contribution in [2.24, 2.45) is 0 Å². The van der Waals surface area contributed by atoms with Gasteiger partial charge in [0.2, 0.25) is 0 Å². The molecule has 0 unspecified atom stereocenters. The molecule has 1 aliphatic heterocycles. The van der Waals surface area contributed by atoms with Crippen molar-refractivity contribution < 1.29 is 4.79 Å². The molecule has 3 aromatic rings. The molecule has 0 aromatic heterocycles. The molecule has 0 radical (unpaired) electrons. The molecule has 5 rings (SSSR count). The van der Waals surface area contributed by atoms with Gasteiger partial charge < -0.3 is 5.32 Å². The van der Waals surface area contributed by atoms with E-state index in [1.54, 1.807) is 11.8 Å². The lowest BCUT2D eigenvalue weighted by molar-refractivity contribution is 0.103. The smallest absolute Gasteiger partial charge is 0.193 e. The molecule has 1 heterocycles. The summed E-state index contributed by atoms with van der Waals surface area (Å²) in [6, 6.07) is 20.7. The Morgan fingerprint density at radius 1 is 0.857 bits per heavy atom. The fourth-order valence-corrected chi connectivity index (χ4v) is 5.98. The van der Waals surface area contributed by atoms with E-state index in [9.17, 15) is 4.79 Å². The Kier molecular flexibility index (Phi) is 3.95. The molecule has 0 amide bonds. The zero-order chi connectivity index (χ0) is 19.4. The normalized spacial score (nSPS) is 17.5. The first kappa shape index (κ1) is 17.3. The standard InChI is InChI=1S/C25H21NOS/c1-14-12-15(2)21(16(3)13-14)25-22-23(17-8-4-5-9-18(17)24(22)27)26-19-10-6-7-11-20(19)28-25/h4-13,25-26H,1-3H3/t25-/m0/s1. The van der Waals surface area contributed by atoms with Gasteiger partial charge in [0.1, 0.15) is 0 Å². The summed E-state index contributed by atoms with van der Waals surface area (Å²) in [5.41, 5.74) is 9.69. The van der Waals surface area contributed by atoms with Crippen LogP contribution in [0.1, 0.15) is 43.4 Å². The summed E-state index contributed by atoms with van der Waals surface area (Å²) in [5, 5.41) is 3.56. The van der Waals surface area contributed by atoms with Gasteiger partial charge in [-0.1, -0.05) is 54.1 Å². The second kappa shape index (κ2) is 6.39. The summed E-state index contributed by atoms with van der Waals surface area (Å²) >= 11 is 1.77. The van der Waals surface area contributed by atoms with Crippen LogP contribution in [0.15, 0.2) is 71.1 Å². The second-order valence-electron chi connectivity index (χ2n) is 7.59. The largest absolute Gasteiger partial charge is 0.354 e. The average molecular weight is 384 g/mol. The maximum Gasteiger partial charge on any atom is 0.193 e. The van der Waals surface area contributed by atoms with Crippen LogP contribution in [0.2, 0.25) is 0 Å². The molecule has 1 aliphatic carbocycles. The van der Waals surface area contributed by atoms with Crippen LogP contribution in [0, 0.1) is 20.8 Å². The number of carbonyl (C=O) groups is 1. The van der Waals surface area contributed by atoms with Gasteiger partial charge in [0.05, 0.1) is 16.6 Å². The van der Waals surface area contributed by atoms with Crippen LogP contribution < -0.4 is 5.32 Å². The number of carbonyl (C=O) groups excluding carboxylic acids is 1. The Bertz CT molecular complexity index is 1150. The Balaban J connectivity index is 1.79. The fourth-order valence-electron chi connectivity index (χ4n) is 4.49. The molecular weight excluding hydrogens is 362 g/mol. The minimum Gasteiger partial charge on any atom is -0.354 e. The average Bonchev–Trinajstić information content (AvgIpc) is 2.83. The molecule has 0 saturated heterocycles. The summed E-state index contributed by atoms with van der Waals surface area (Å²) in [5.74, 6) is 0.141. The predicted molar refractivity (Wildman–Crippen MR) is 117 cm³/mol. The summed E-state index contributed by atoms with van der Waals surface area (Å²) < 4.78 is 0. The van der Waals surface area contributed by atoms with Crippen LogP contribution in [0.3, 0.4) is 0 Å². The maximum atomic E-state index is 13.5. The lowest BCUT2D eigenvalue weighted by atomic mass is 9.92. The van der Waals surface area contributed by atoms with Gasteiger partial charge in [-0.25, -0.2) is 0 Å². The van der Waals surface area contributed by atoms with E-state index in [1.807, 2.05) is 30.3 Å². The van der Waals surface area contributed by atoms with Crippen molar-refractivity contribution in [3.05, 3.63) is 99.6 Å². The van der Waals surface area contributed by atoms with Gasteiger partial charge in [-0.3, -0.25) is 4.79 Å². The Morgan fingerprint density at radius 2 is 1.50 bits per heavy atom. The van der Waals surface area contributed by atoms with Gasteiger partial charge in [-0.2, -0.15) is 0 Å². The molecule has 2 aliphatic rings. The van der Waals surface area contributed by atoms with Crippen molar-refractivity contribution in [2.45, 2.75) is 30.9 Å². The summed E-state index contributed by atoms with van der Waals surface area (Å²) in [6.07, 6.45) is 0. The first-order valence-corrected chi connectivity index (χ1v) is 10.4. The van der Waals surface area contributed by atoms with E-state index in [-0.39, 0.29) is 11.0 Å². The van der Waals surface area contributed by atoms with Gasteiger partial charge >= 0.3 is 0 Å². The van der Waals surface area contributed by atoms with E-state index >= 15 is 0 Å². The summed E-state index contributed by atoms with van der Waals surface area (Å²) in [7, 11) is 0. The van der Waals surface area contributed by atoms with Gasteiger partial charge in [0, 0.05) is 21.6 Å². The van der Waals surface area contributed by atoms with Crippen molar-refractivity contribution in [3.8, 4) is 0 Å². The van der Waals surface area contributed by atoms with E-state index in [0.717, 1.165) is 28.1 Å². The lowest BCUT2D eigenvalue weighted by Crippen LogP contribution is -2.10. The molecule has 0 bridgehead atoms. The molecule has 28 heavy (non-hydrogen) atoms. The third kappa shape index (κ3) is 2.54. The van der Waals surface area contributed by atoms with Crippen LogP contribution in [0.25, 0.3) is 5.70 Å². The van der Waals surface area contributed by atoms with Crippen molar-refractivity contribution >= 4 is 28.9 Å². The number of aryl methyl sites for hydroxylation is 3. The highest BCUT2D eigenvalue weighted by atomic mass is 32.2. The van der Waals surface area contributed by atoms with E-state index in [4.69, 9.17) is 0 Å². The molecule has 1 N–H and O–H groups in total. The van der Waals surface area contributed by atoms with Gasteiger partial charge in [0.25, 0.3) is 0 Å². The minimum absolute atomic E-state index is 0.0355. The number of hydrogen-bond donors (Lipinski definition) is 1. The highest BCUT2D eigenvalue weighted by Crippen LogP contribution is 2.53. The number of benzene rings is 3. The SMILES string of the molecule is Cc1cc(C)c([C@@H]2Sc3ccccc3NC3=C2C(=O)c2ccccc23)c(C)c1. The van der Waals surface area contributed by atoms with Gasteiger partial charge in [0.15, 0.2) is 5.78 Å². The lowest BCUT2D eigenvalue weighted by Gasteiger charge is -2.22. The molecule has 0 spiro atoms. The number of thioether (sulfide) groups is 1. The van der Waals surface area contributed by atoms with Crippen LogP contribution in [0.4, 0.5) is 5.69 Å². The third-order valence-corrected chi connectivity index (χ3v) is 6.93. The van der Waals surface area contributed by atoms with Crippen LogP contribution in [-0.4, -0.2) is 5.78 Å². The Labute approximate surface area is 169 Å². The monoisotopic (exact) mass is 383 g/mol. The van der Waals surface area contributed by atoms with E-state index < -0.39 is 0 Å². The quantitative estimate of drug-likeness (QED) is 0.521. The van der Waals surface area contributed by atoms with E-state index in [2.05, 4.69) is 56.4 Å². The number of rotatable bonds is 1. The number of fused-ring (bicyclic) bond motifs is 3. The molecule has 0 fully saturated rings. The molecule has 3 heteroatoms. The maximum absolute atomic E-state index is 13.5. The van der Waals surface area contributed by atoms with Crippen LogP contribution in [0.5, 0.6) is 0 Å². The molecule has 1 atom stereocenters. The minimum atomic E-state index is -0.0355. The fraction of sp³-hybridized carbons (Fsp3) is 0.160. The van der Waals surface area contributed by atoms with Crippen LogP contribution in [-0.2, 0) is 0 Å². The molecular formula is C25H21NOS. The van der Waals surface area contributed by atoms with E-state index in [0.29, 0.717) is 0 Å². The first-order chi connectivity index (χ1) is 13.5. The van der Waals surface area contributed by atoms with Crippen LogP contribution >= 0.6 is 11.8 Å². The Morgan fingerprint density at radius 3 is 2.25 bits per heavy atom. The highest BCUT2D eigenvalue weighted by molar-refractivity contribution is 8.00. The number of anilines is 1. The number of ketones is 1. The summed E-state index contributed by atoms with van der Waals surface area (Å²) in [4.78, 5) is 14.7. The van der Waals surface area contributed by atoms with E-state index in [1.165, 1.54) is 27.1 Å². The number of para-hydroxylation sites is 1. The van der Waals surface area contributed by atoms with Gasteiger partial charge in [-0.05, 0) is 49.6 Å². The zero-order valence-corrected chi connectivity index (χ0v) is 17.0. The van der Waals surface area contributed by atoms with Crippen molar-refractivity contribution in [3.63, 3.8) is 0 Å². The number of hydrogen-bond acceptors (Lipinski definition) is 3. The molecule has 138 valence electrons. The highest BCUT2D eigenvalue weighted by Gasteiger charge is 2.38. The molecule has 3 aromatic carbocycles. The van der Waals surface area contributed by atoms with Crippen molar-refractivity contribution in [2.75, 3.05) is 5.32 Å². The number of nitrogens with one attached hydrogen (secondary N) is 1. The van der Waals surface area contributed by atoms with Crippen molar-refractivity contribution in [1.82, 2.24) is 0 Å². The number of Topliss-reactive ketones (excluding diaryl/α,β-unsaturated/α-hetero) is 1. The Hall–Kier alpha value is -2.78. The van der Waals surface area contributed by atoms with Gasteiger partial charge in [-0.15, -0.1) is 11.8 Å². The molecule has 2 nitrogen and oxygen atoms in total. The third-order valence-electron chi connectivity index (χ3n) is 5.61. The topological polar surface area (TPSA) is 29.1 Å². The van der Waals surface area contributed by atoms with Crippen molar-refractivity contribution in [1.29, 1.82) is 0 Å². The predicted octanol–water partition coefficient (Wildman–Crippen LogP) is 6.48. The first-order valence-electron chi connectivity index (χ1n) is 9.53. The zero-order valence-electron chi connectivity index (χ0n) is 16.2. The summed E-state index contributed by atoms with van der Waals surface area (Å²) in [6.45, 7) is 6.45. The second-order valence-corrected chi connectivity index (χ2v) is 8.74.